The number of rotatable bonds is 5. The minimum absolute atomic E-state index is 0.0201. The summed E-state index contributed by atoms with van der Waals surface area (Å²) in [5.41, 5.74) is 0.112. The molecule has 0 radical (unpaired) electrons. The first-order valence-electron chi connectivity index (χ1n) is 5.65. The molecule has 0 atom stereocenters. The molecule has 0 saturated carbocycles. The lowest BCUT2D eigenvalue weighted by atomic mass is 10.1. The average Bonchev–Trinajstić information content (AvgIpc) is 2.34. The van der Waals surface area contributed by atoms with Crippen LogP contribution in [0.15, 0.2) is 24.3 Å². The van der Waals surface area contributed by atoms with Gasteiger partial charge in [0.25, 0.3) is 5.91 Å². The Morgan fingerprint density at radius 2 is 1.83 bits per heavy atom. The number of nitrogens with zero attached hydrogens (tertiary/aromatic N) is 1. The van der Waals surface area contributed by atoms with E-state index in [1.807, 2.05) is 13.8 Å². The van der Waals surface area contributed by atoms with Gasteiger partial charge in [-0.1, -0.05) is 26.0 Å². The van der Waals surface area contributed by atoms with Gasteiger partial charge >= 0.3 is 5.97 Å². The third kappa shape index (κ3) is 3.30. The van der Waals surface area contributed by atoms with Crippen molar-refractivity contribution in [3.05, 3.63) is 35.4 Å². The minimum atomic E-state index is -1.13. The molecular formula is C13H17NO4. The molecule has 0 heterocycles. The summed E-state index contributed by atoms with van der Waals surface area (Å²) in [6.45, 7) is 4.30. The van der Waals surface area contributed by atoms with E-state index in [9.17, 15) is 9.59 Å². The highest BCUT2D eigenvalue weighted by Crippen LogP contribution is 2.13. The SMILES string of the molecule is CON(CC(C)C)C(=O)c1ccccc1C(=O)O. The van der Waals surface area contributed by atoms with E-state index in [2.05, 4.69) is 0 Å². The van der Waals surface area contributed by atoms with Crippen molar-refractivity contribution >= 4 is 11.9 Å². The summed E-state index contributed by atoms with van der Waals surface area (Å²) in [4.78, 5) is 28.2. The fraction of sp³-hybridized carbons (Fsp3) is 0.385. The fourth-order valence-electron chi connectivity index (χ4n) is 1.56. The normalized spacial score (nSPS) is 10.4. The molecule has 1 rings (SSSR count). The summed E-state index contributed by atoms with van der Waals surface area (Å²) in [6, 6.07) is 6.10. The van der Waals surface area contributed by atoms with Crippen molar-refractivity contribution in [3.8, 4) is 0 Å². The third-order valence-electron chi connectivity index (χ3n) is 2.37. The van der Waals surface area contributed by atoms with Gasteiger partial charge < -0.3 is 5.11 Å². The van der Waals surface area contributed by atoms with Gasteiger partial charge in [-0.25, -0.2) is 9.86 Å². The van der Waals surface area contributed by atoms with Crippen LogP contribution in [-0.2, 0) is 4.84 Å². The summed E-state index contributed by atoms with van der Waals surface area (Å²) in [7, 11) is 1.39. The molecule has 0 aliphatic rings. The van der Waals surface area contributed by atoms with Crippen LogP contribution in [0.2, 0.25) is 0 Å². The second kappa shape index (κ2) is 6.16. The fourth-order valence-corrected chi connectivity index (χ4v) is 1.56. The predicted molar refractivity (Wildman–Crippen MR) is 66.3 cm³/mol. The van der Waals surface area contributed by atoms with Crippen LogP contribution in [0.5, 0.6) is 0 Å². The lowest BCUT2D eigenvalue weighted by Crippen LogP contribution is -2.34. The van der Waals surface area contributed by atoms with Gasteiger partial charge in [-0.15, -0.1) is 0 Å². The number of hydrogen-bond donors (Lipinski definition) is 1. The number of hydroxylamine groups is 2. The Morgan fingerprint density at radius 3 is 2.28 bits per heavy atom. The molecule has 0 aliphatic carbocycles. The molecule has 1 amide bonds. The predicted octanol–water partition coefficient (Wildman–Crippen LogP) is 2.04. The summed E-state index contributed by atoms with van der Waals surface area (Å²) < 4.78 is 0. The largest absolute Gasteiger partial charge is 0.478 e. The first-order valence-corrected chi connectivity index (χ1v) is 5.65. The van der Waals surface area contributed by atoms with E-state index in [1.165, 1.54) is 24.3 Å². The number of hydrogen-bond acceptors (Lipinski definition) is 3. The lowest BCUT2D eigenvalue weighted by Gasteiger charge is -2.22. The van der Waals surface area contributed by atoms with Gasteiger partial charge in [0.05, 0.1) is 24.8 Å². The van der Waals surface area contributed by atoms with Crippen molar-refractivity contribution < 1.29 is 19.5 Å². The molecule has 1 aromatic carbocycles. The number of amides is 1. The van der Waals surface area contributed by atoms with E-state index in [1.54, 1.807) is 12.1 Å². The molecule has 0 bridgehead atoms. The van der Waals surface area contributed by atoms with Crippen molar-refractivity contribution in [2.45, 2.75) is 13.8 Å². The van der Waals surface area contributed by atoms with Gasteiger partial charge in [-0.2, -0.15) is 0 Å². The maximum Gasteiger partial charge on any atom is 0.336 e. The second-order valence-electron chi connectivity index (χ2n) is 4.29. The smallest absolute Gasteiger partial charge is 0.336 e. The van der Waals surface area contributed by atoms with Gasteiger partial charge in [0, 0.05) is 0 Å². The zero-order chi connectivity index (χ0) is 13.7. The third-order valence-corrected chi connectivity index (χ3v) is 2.37. The summed E-state index contributed by atoms with van der Waals surface area (Å²) in [5, 5.41) is 10.2. The van der Waals surface area contributed by atoms with Crippen molar-refractivity contribution in [2.24, 2.45) is 5.92 Å². The van der Waals surface area contributed by atoms with Crippen molar-refractivity contribution in [2.75, 3.05) is 13.7 Å². The zero-order valence-electron chi connectivity index (χ0n) is 10.7. The molecule has 0 fully saturated rings. The summed E-state index contributed by atoms with van der Waals surface area (Å²) in [5.74, 6) is -1.34. The number of carbonyl (C=O) groups excluding carboxylic acids is 1. The number of aromatic carboxylic acids is 1. The number of carboxylic acid groups (broad SMARTS) is 1. The first-order chi connectivity index (χ1) is 8.47. The molecule has 0 saturated heterocycles. The van der Waals surface area contributed by atoms with Gasteiger partial charge in [0.2, 0.25) is 0 Å². The van der Waals surface area contributed by atoms with Crippen molar-refractivity contribution in [1.29, 1.82) is 0 Å². The Kier molecular flexibility index (Phi) is 4.85. The minimum Gasteiger partial charge on any atom is -0.478 e. The number of carbonyl (C=O) groups is 2. The van der Waals surface area contributed by atoms with E-state index < -0.39 is 11.9 Å². The van der Waals surface area contributed by atoms with E-state index in [4.69, 9.17) is 9.94 Å². The molecule has 5 nitrogen and oxygen atoms in total. The van der Waals surface area contributed by atoms with Crippen LogP contribution in [0, 0.1) is 5.92 Å². The highest BCUT2D eigenvalue weighted by Gasteiger charge is 2.22. The van der Waals surface area contributed by atoms with E-state index in [-0.39, 0.29) is 17.0 Å². The molecular weight excluding hydrogens is 234 g/mol. The first kappa shape index (κ1) is 14.2. The van der Waals surface area contributed by atoms with Crippen LogP contribution in [-0.4, -0.2) is 35.7 Å². The Morgan fingerprint density at radius 1 is 1.28 bits per heavy atom. The van der Waals surface area contributed by atoms with Crippen LogP contribution in [0.3, 0.4) is 0 Å². The molecule has 18 heavy (non-hydrogen) atoms. The van der Waals surface area contributed by atoms with Crippen molar-refractivity contribution in [1.82, 2.24) is 5.06 Å². The molecule has 98 valence electrons. The summed E-state index contributed by atoms with van der Waals surface area (Å²) >= 11 is 0. The molecule has 0 aromatic heterocycles. The van der Waals surface area contributed by atoms with Crippen LogP contribution < -0.4 is 0 Å². The van der Waals surface area contributed by atoms with Crippen LogP contribution in [0.4, 0.5) is 0 Å². The summed E-state index contributed by atoms with van der Waals surface area (Å²) in [6.07, 6.45) is 0. The van der Waals surface area contributed by atoms with Gasteiger partial charge in [0.15, 0.2) is 0 Å². The van der Waals surface area contributed by atoms with Crippen LogP contribution in [0.1, 0.15) is 34.6 Å². The lowest BCUT2D eigenvalue weighted by molar-refractivity contribution is -0.101. The van der Waals surface area contributed by atoms with E-state index in [0.717, 1.165) is 0 Å². The monoisotopic (exact) mass is 251 g/mol. The molecule has 0 aliphatic heterocycles. The molecule has 0 unspecified atom stereocenters. The molecule has 5 heteroatoms. The number of carboxylic acids is 1. The Balaban J connectivity index is 3.05. The van der Waals surface area contributed by atoms with Crippen LogP contribution >= 0.6 is 0 Å². The molecule has 1 N–H and O–H groups in total. The Hall–Kier alpha value is -1.88. The van der Waals surface area contributed by atoms with E-state index >= 15 is 0 Å². The van der Waals surface area contributed by atoms with Gasteiger partial charge in [-0.05, 0) is 18.1 Å². The standard InChI is InChI=1S/C13H17NO4/c1-9(2)8-14(18-3)12(15)10-6-4-5-7-11(10)13(16)17/h4-7,9H,8H2,1-3H3,(H,16,17). The maximum atomic E-state index is 12.2. The van der Waals surface area contributed by atoms with E-state index in [0.29, 0.717) is 6.54 Å². The maximum absolute atomic E-state index is 12.2. The zero-order valence-corrected chi connectivity index (χ0v) is 10.7. The number of benzene rings is 1. The Bertz CT molecular complexity index is 442. The second-order valence-corrected chi connectivity index (χ2v) is 4.29. The van der Waals surface area contributed by atoms with Crippen LogP contribution in [0.25, 0.3) is 0 Å². The van der Waals surface area contributed by atoms with Crippen molar-refractivity contribution in [3.63, 3.8) is 0 Å². The highest BCUT2D eigenvalue weighted by atomic mass is 16.7. The van der Waals surface area contributed by atoms with Gasteiger partial charge in [-0.3, -0.25) is 9.63 Å². The topological polar surface area (TPSA) is 66.8 Å². The molecule has 0 spiro atoms. The quantitative estimate of drug-likeness (QED) is 0.813. The highest BCUT2D eigenvalue weighted by molar-refractivity contribution is 6.04. The average molecular weight is 251 g/mol. The van der Waals surface area contributed by atoms with Gasteiger partial charge in [0.1, 0.15) is 0 Å². The molecule has 1 aromatic rings. The Labute approximate surface area is 106 Å².